The molecule has 0 aliphatic heterocycles. The quantitative estimate of drug-likeness (QED) is 0.573. The molecule has 4 nitrogen and oxygen atoms in total. The molecule has 2 aromatic carbocycles. The van der Waals surface area contributed by atoms with Crippen LogP contribution in [0.3, 0.4) is 0 Å². The standard InChI is InChI=1S/C17H11Cl2NO3S/c1-22-15-12(19)8-7-11(18)14(15)16(21)23-17-20-13(9-24-17)10-5-3-2-4-6-10/h2-9H,1H3. The topological polar surface area (TPSA) is 48.4 Å². The van der Waals surface area contributed by atoms with Gasteiger partial charge in [-0.05, 0) is 12.1 Å². The molecule has 0 aliphatic carbocycles. The van der Waals surface area contributed by atoms with Crippen LogP contribution in [0.5, 0.6) is 10.9 Å². The maximum atomic E-state index is 12.4. The van der Waals surface area contributed by atoms with E-state index in [2.05, 4.69) is 4.98 Å². The number of rotatable bonds is 4. The Morgan fingerprint density at radius 1 is 1.08 bits per heavy atom. The number of methoxy groups -OCH3 is 1. The van der Waals surface area contributed by atoms with Crippen molar-refractivity contribution >= 4 is 40.5 Å². The third-order valence-corrected chi connectivity index (χ3v) is 4.53. The molecular formula is C17H11Cl2NO3S. The van der Waals surface area contributed by atoms with E-state index in [4.69, 9.17) is 32.7 Å². The molecule has 0 spiro atoms. The van der Waals surface area contributed by atoms with Crippen LogP contribution >= 0.6 is 34.5 Å². The van der Waals surface area contributed by atoms with Gasteiger partial charge in [0.15, 0.2) is 5.75 Å². The van der Waals surface area contributed by atoms with Gasteiger partial charge in [-0.25, -0.2) is 9.78 Å². The van der Waals surface area contributed by atoms with Crippen molar-refractivity contribution < 1.29 is 14.3 Å². The highest BCUT2D eigenvalue weighted by Crippen LogP contribution is 2.35. The molecule has 1 aromatic heterocycles. The van der Waals surface area contributed by atoms with E-state index in [0.29, 0.717) is 0 Å². The fourth-order valence-electron chi connectivity index (χ4n) is 2.10. The molecule has 0 saturated heterocycles. The normalized spacial score (nSPS) is 10.5. The number of esters is 1. The summed E-state index contributed by atoms with van der Waals surface area (Å²) in [5.74, 6) is -0.498. The van der Waals surface area contributed by atoms with Gasteiger partial charge in [0.1, 0.15) is 5.56 Å². The molecule has 0 fully saturated rings. The van der Waals surface area contributed by atoms with Crippen molar-refractivity contribution in [3.05, 3.63) is 63.5 Å². The molecule has 0 radical (unpaired) electrons. The number of nitrogens with zero attached hydrogens (tertiary/aromatic N) is 1. The molecule has 7 heteroatoms. The number of carbonyl (C=O) groups is 1. The van der Waals surface area contributed by atoms with E-state index in [1.165, 1.54) is 24.5 Å². The van der Waals surface area contributed by atoms with Gasteiger partial charge in [0.25, 0.3) is 5.19 Å². The van der Waals surface area contributed by atoms with Gasteiger partial charge >= 0.3 is 5.97 Å². The van der Waals surface area contributed by atoms with Gasteiger partial charge < -0.3 is 9.47 Å². The lowest BCUT2D eigenvalue weighted by Crippen LogP contribution is -2.11. The summed E-state index contributed by atoms with van der Waals surface area (Å²) in [5, 5.41) is 2.50. The number of aromatic nitrogens is 1. The molecule has 1 heterocycles. The molecule has 0 N–H and O–H groups in total. The van der Waals surface area contributed by atoms with Crippen LogP contribution in [0, 0.1) is 0 Å². The Balaban J connectivity index is 1.87. The Labute approximate surface area is 152 Å². The van der Waals surface area contributed by atoms with Gasteiger partial charge in [-0.15, -0.1) is 0 Å². The van der Waals surface area contributed by atoms with Crippen molar-refractivity contribution in [1.29, 1.82) is 0 Å². The van der Waals surface area contributed by atoms with Crippen molar-refractivity contribution in [2.45, 2.75) is 0 Å². The average molecular weight is 380 g/mol. The largest absolute Gasteiger partial charge is 0.494 e. The number of thiazole rings is 1. The van der Waals surface area contributed by atoms with Crippen LogP contribution < -0.4 is 9.47 Å². The van der Waals surface area contributed by atoms with Crippen molar-refractivity contribution in [3.63, 3.8) is 0 Å². The van der Waals surface area contributed by atoms with E-state index < -0.39 is 5.97 Å². The molecule has 0 bridgehead atoms. The van der Waals surface area contributed by atoms with Crippen LogP contribution in [0.1, 0.15) is 10.4 Å². The van der Waals surface area contributed by atoms with Crippen molar-refractivity contribution in [2.75, 3.05) is 7.11 Å². The van der Waals surface area contributed by atoms with Gasteiger partial charge in [-0.2, -0.15) is 0 Å². The van der Waals surface area contributed by atoms with E-state index in [1.807, 2.05) is 35.7 Å². The predicted octanol–water partition coefficient (Wildman–Crippen LogP) is 5.34. The third kappa shape index (κ3) is 3.38. The van der Waals surface area contributed by atoms with Crippen molar-refractivity contribution in [1.82, 2.24) is 4.98 Å². The van der Waals surface area contributed by atoms with Gasteiger partial charge in [-0.1, -0.05) is 64.9 Å². The predicted molar refractivity (Wildman–Crippen MR) is 95.5 cm³/mol. The number of hydrogen-bond acceptors (Lipinski definition) is 5. The van der Waals surface area contributed by atoms with Gasteiger partial charge in [0.2, 0.25) is 0 Å². The maximum absolute atomic E-state index is 12.4. The molecule has 0 atom stereocenters. The van der Waals surface area contributed by atoms with Crippen molar-refractivity contribution in [3.8, 4) is 22.2 Å². The van der Waals surface area contributed by atoms with Crippen LogP contribution in [-0.2, 0) is 0 Å². The minimum Gasteiger partial charge on any atom is -0.494 e. The first-order valence-corrected chi connectivity index (χ1v) is 8.49. The minimum absolute atomic E-state index is 0.0723. The molecule has 122 valence electrons. The number of benzene rings is 2. The zero-order valence-electron chi connectivity index (χ0n) is 12.5. The van der Waals surface area contributed by atoms with Crippen LogP contribution in [-0.4, -0.2) is 18.1 Å². The van der Waals surface area contributed by atoms with E-state index in [1.54, 1.807) is 6.07 Å². The molecular weight excluding hydrogens is 369 g/mol. The highest BCUT2D eigenvalue weighted by molar-refractivity contribution is 7.11. The summed E-state index contributed by atoms with van der Waals surface area (Å²) < 4.78 is 10.5. The summed E-state index contributed by atoms with van der Waals surface area (Å²) in [7, 11) is 1.41. The van der Waals surface area contributed by atoms with Crippen LogP contribution in [0.4, 0.5) is 0 Å². The van der Waals surface area contributed by atoms with Crippen LogP contribution in [0.2, 0.25) is 10.0 Å². The second-order valence-corrected chi connectivity index (χ2v) is 6.33. The van der Waals surface area contributed by atoms with Crippen molar-refractivity contribution in [2.24, 2.45) is 0 Å². The lowest BCUT2D eigenvalue weighted by atomic mass is 10.2. The summed E-state index contributed by atoms with van der Waals surface area (Å²) in [6.45, 7) is 0. The Kier molecular flexibility index (Phi) is 5.04. The first-order valence-electron chi connectivity index (χ1n) is 6.85. The van der Waals surface area contributed by atoms with E-state index in [0.717, 1.165) is 11.3 Å². The first-order chi connectivity index (χ1) is 11.6. The minimum atomic E-state index is -0.673. The smallest absolute Gasteiger partial charge is 0.350 e. The number of halogens is 2. The van der Waals surface area contributed by atoms with Gasteiger partial charge in [0.05, 0.1) is 22.8 Å². The van der Waals surface area contributed by atoms with Crippen LogP contribution in [0.25, 0.3) is 11.3 Å². The summed E-state index contributed by atoms with van der Waals surface area (Å²) in [6, 6.07) is 12.7. The molecule has 0 saturated carbocycles. The second kappa shape index (κ2) is 7.21. The molecule has 24 heavy (non-hydrogen) atoms. The molecule has 0 amide bonds. The Hall–Kier alpha value is -2.08. The molecule has 0 unspecified atom stereocenters. The summed E-state index contributed by atoms with van der Waals surface area (Å²) in [5.41, 5.74) is 1.74. The Bertz CT molecular complexity index is 881. The summed E-state index contributed by atoms with van der Waals surface area (Å²) >= 11 is 13.3. The SMILES string of the molecule is COc1c(Cl)ccc(Cl)c1C(=O)Oc1nc(-c2ccccc2)cs1. The lowest BCUT2D eigenvalue weighted by Gasteiger charge is -2.10. The van der Waals surface area contributed by atoms with Gasteiger partial charge in [-0.3, -0.25) is 0 Å². The fourth-order valence-corrected chi connectivity index (χ4v) is 3.24. The second-order valence-electron chi connectivity index (χ2n) is 4.69. The molecule has 0 aliphatic rings. The average Bonchev–Trinajstić information content (AvgIpc) is 3.05. The summed E-state index contributed by atoms with van der Waals surface area (Å²) in [4.78, 5) is 16.7. The third-order valence-electron chi connectivity index (χ3n) is 3.20. The molecule has 3 aromatic rings. The highest BCUT2D eigenvalue weighted by Gasteiger charge is 2.22. The summed E-state index contributed by atoms with van der Waals surface area (Å²) in [6.07, 6.45) is 0. The van der Waals surface area contributed by atoms with Gasteiger partial charge in [0, 0.05) is 10.9 Å². The number of ether oxygens (including phenoxy) is 2. The number of hydrogen-bond donors (Lipinski definition) is 0. The van der Waals surface area contributed by atoms with E-state index >= 15 is 0 Å². The maximum Gasteiger partial charge on any atom is 0.350 e. The lowest BCUT2D eigenvalue weighted by molar-refractivity contribution is 0.0731. The molecule has 3 rings (SSSR count). The zero-order valence-corrected chi connectivity index (χ0v) is 14.8. The first kappa shape index (κ1) is 16.8. The van der Waals surface area contributed by atoms with E-state index in [9.17, 15) is 4.79 Å². The fraction of sp³-hybridized carbons (Fsp3) is 0.0588. The monoisotopic (exact) mass is 379 g/mol. The number of carbonyl (C=O) groups excluding carboxylic acids is 1. The Morgan fingerprint density at radius 3 is 2.50 bits per heavy atom. The van der Waals surface area contributed by atoms with E-state index in [-0.39, 0.29) is 26.6 Å². The highest BCUT2D eigenvalue weighted by atomic mass is 35.5. The van der Waals surface area contributed by atoms with Crippen LogP contribution in [0.15, 0.2) is 47.8 Å². The Morgan fingerprint density at radius 2 is 1.79 bits per heavy atom. The zero-order chi connectivity index (χ0) is 17.1.